The molecule has 3 nitrogen and oxygen atoms in total. The third kappa shape index (κ3) is 2.14. The van der Waals surface area contributed by atoms with Gasteiger partial charge in [0.2, 0.25) is 0 Å². The number of hydrogen-bond acceptors (Lipinski definition) is 3. The number of nitrogens with two attached hydrogens (primary N) is 1. The lowest BCUT2D eigenvalue weighted by molar-refractivity contribution is 0.340. The minimum absolute atomic E-state index is 0.659. The maximum absolute atomic E-state index is 5.90. The minimum Gasteiger partial charge on any atom is -0.494 e. The monoisotopic (exact) mass is 214 g/mol. The van der Waals surface area contributed by atoms with E-state index in [2.05, 4.69) is 4.98 Å². The fourth-order valence-electron chi connectivity index (χ4n) is 1.57. The summed E-state index contributed by atoms with van der Waals surface area (Å²) >= 11 is 0. The van der Waals surface area contributed by atoms with Crippen molar-refractivity contribution in [1.29, 1.82) is 0 Å². The van der Waals surface area contributed by atoms with E-state index < -0.39 is 0 Å². The summed E-state index contributed by atoms with van der Waals surface area (Å²) in [6, 6.07) is 9.64. The Balaban J connectivity index is 2.40. The summed E-state index contributed by atoms with van der Waals surface area (Å²) in [5, 5.41) is 0. The predicted molar refractivity (Wildman–Crippen MR) is 65.3 cm³/mol. The van der Waals surface area contributed by atoms with Crippen LogP contribution in [-0.2, 0) is 0 Å². The zero-order valence-corrected chi connectivity index (χ0v) is 9.18. The van der Waals surface area contributed by atoms with Crippen LogP contribution >= 0.6 is 0 Å². The topological polar surface area (TPSA) is 48.1 Å². The van der Waals surface area contributed by atoms with Crippen LogP contribution in [0.25, 0.3) is 11.1 Å². The van der Waals surface area contributed by atoms with Crippen LogP contribution in [0.4, 0.5) is 5.69 Å². The summed E-state index contributed by atoms with van der Waals surface area (Å²) in [4.78, 5) is 4.08. The zero-order valence-electron chi connectivity index (χ0n) is 9.18. The molecule has 0 aliphatic carbocycles. The van der Waals surface area contributed by atoms with Crippen LogP contribution in [-0.4, -0.2) is 11.6 Å². The number of anilines is 1. The number of benzene rings is 1. The van der Waals surface area contributed by atoms with Crippen LogP contribution in [0, 0.1) is 0 Å². The Morgan fingerprint density at radius 1 is 1.31 bits per heavy atom. The van der Waals surface area contributed by atoms with Gasteiger partial charge < -0.3 is 10.5 Å². The molecule has 0 amide bonds. The predicted octanol–water partition coefficient (Wildman–Crippen LogP) is 2.73. The minimum atomic E-state index is 0.659. The van der Waals surface area contributed by atoms with Crippen molar-refractivity contribution in [1.82, 2.24) is 4.98 Å². The Morgan fingerprint density at radius 2 is 2.19 bits per heavy atom. The highest BCUT2D eigenvalue weighted by molar-refractivity contribution is 5.75. The van der Waals surface area contributed by atoms with E-state index in [4.69, 9.17) is 10.5 Å². The van der Waals surface area contributed by atoms with Gasteiger partial charge in [-0.05, 0) is 30.7 Å². The second-order valence-corrected chi connectivity index (χ2v) is 3.42. The molecule has 0 saturated carbocycles. The van der Waals surface area contributed by atoms with Gasteiger partial charge in [-0.2, -0.15) is 0 Å². The van der Waals surface area contributed by atoms with Gasteiger partial charge in [-0.25, -0.2) is 0 Å². The number of pyridine rings is 1. The molecule has 0 radical (unpaired) electrons. The third-order valence-corrected chi connectivity index (χ3v) is 2.31. The van der Waals surface area contributed by atoms with Gasteiger partial charge in [0, 0.05) is 23.6 Å². The molecule has 0 bridgehead atoms. The van der Waals surface area contributed by atoms with E-state index in [0.29, 0.717) is 6.61 Å². The standard InChI is InChI=1S/C13H14N2O/c1-2-16-11-5-3-4-10(8-11)12-9-15-7-6-13(12)14/h3-9H,2H2,1H3,(H2,14,15). The fourth-order valence-corrected chi connectivity index (χ4v) is 1.57. The van der Waals surface area contributed by atoms with E-state index in [1.54, 1.807) is 18.5 Å². The van der Waals surface area contributed by atoms with Gasteiger partial charge in [-0.3, -0.25) is 4.98 Å². The maximum atomic E-state index is 5.90. The average molecular weight is 214 g/mol. The Hall–Kier alpha value is -2.03. The van der Waals surface area contributed by atoms with Gasteiger partial charge >= 0.3 is 0 Å². The molecule has 2 aromatic rings. The lowest BCUT2D eigenvalue weighted by Gasteiger charge is -2.07. The largest absolute Gasteiger partial charge is 0.494 e. The molecule has 2 rings (SSSR count). The normalized spacial score (nSPS) is 10.1. The van der Waals surface area contributed by atoms with Crippen LogP contribution < -0.4 is 10.5 Å². The van der Waals surface area contributed by atoms with E-state index in [9.17, 15) is 0 Å². The van der Waals surface area contributed by atoms with Gasteiger partial charge in [-0.15, -0.1) is 0 Å². The first-order valence-electron chi connectivity index (χ1n) is 5.24. The van der Waals surface area contributed by atoms with E-state index in [-0.39, 0.29) is 0 Å². The first kappa shape index (κ1) is 10.5. The number of hydrogen-bond donors (Lipinski definition) is 1. The van der Waals surface area contributed by atoms with Crippen molar-refractivity contribution in [2.45, 2.75) is 6.92 Å². The highest BCUT2D eigenvalue weighted by Gasteiger charge is 2.03. The molecule has 1 aromatic carbocycles. The molecule has 0 saturated heterocycles. The lowest BCUT2D eigenvalue weighted by atomic mass is 10.1. The summed E-state index contributed by atoms with van der Waals surface area (Å²) < 4.78 is 5.45. The highest BCUT2D eigenvalue weighted by Crippen LogP contribution is 2.27. The molecule has 0 spiro atoms. The van der Waals surface area contributed by atoms with Crippen LogP contribution in [0.2, 0.25) is 0 Å². The molecule has 0 unspecified atom stereocenters. The van der Waals surface area contributed by atoms with E-state index >= 15 is 0 Å². The summed E-state index contributed by atoms with van der Waals surface area (Å²) in [7, 11) is 0. The van der Waals surface area contributed by atoms with Crippen molar-refractivity contribution in [2.75, 3.05) is 12.3 Å². The Labute approximate surface area is 94.9 Å². The molecule has 1 heterocycles. The Bertz CT molecular complexity index is 483. The Kier molecular flexibility index (Phi) is 3.05. The van der Waals surface area contributed by atoms with Gasteiger partial charge in [0.1, 0.15) is 5.75 Å². The van der Waals surface area contributed by atoms with Crippen LogP contribution in [0.5, 0.6) is 5.75 Å². The van der Waals surface area contributed by atoms with Crippen LogP contribution in [0.3, 0.4) is 0 Å². The fraction of sp³-hybridized carbons (Fsp3) is 0.154. The third-order valence-electron chi connectivity index (χ3n) is 2.31. The number of nitrogens with zero attached hydrogens (tertiary/aromatic N) is 1. The van der Waals surface area contributed by atoms with Crippen molar-refractivity contribution in [3.63, 3.8) is 0 Å². The molecule has 0 aliphatic rings. The van der Waals surface area contributed by atoms with E-state index in [1.165, 1.54) is 0 Å². The molecule has 3 heteroatoms. The molecule has 0 aliphatic heterocycles. The number of ether oxygens (including phenoxy) is 1. The average Bonchev–Trinajstić information content (AvgIpc) is 2.30. The first-order chi connectivity index (χ1) is 7.81. The Morgan fingerprint density at radius 3 is 2.94 bits per heavy atom. The number of nitrogen functional groups attached to an aromatic ring is 1. The first-order valence-corrected chi connectivity index (χ1v) is 5.24. The van der Waals surface area contributed by atoms with Gasteiger partial charge in [0.15, 0.2) is 0 Å². The van der Waals surface area contributed by atoms with Gasteiger partial charge in [0.25, 0.3) is 0 Å². The quantitative estimate of drug-likeness (QED) is 0.854. The van der Waals surface area contributed by atoms with Crippen molar-refractivity contribution >= 4 is 5.69 Å². The van der Waals surface area contributed by atoms with Crippen LogP contribution in [0.1, 0.15) is 6.92 Å². The van der Waals surface area contributed by atoms with Crippen molar-refractivity contribution < 1.29 is 4.74 Å². The van der Waals surface area contributed by atoms with E-state index in [1.807, 2.05) is 31.2 Å². The second kappa shape index (κ2) is 4.66. The molecule has 0 fully saturated rings. The summed E-state index contributed by atoms with van der Waals surface area (Å²) in [6.45, 7) is 2.62. The number of rotatable bonds is 3. The smallest absolute Gasteiger partial charge is 0.119 e. The molecule has 1 aromatic heterocycles. The lowest BCUT2D eigenvalue weighted by Crippen LogP contribution is -1.93. The molecule has 16 heavy (non-hydrogen) atoms. The summed E-state index contributed by atoms with van der Waals surface area (Å²) in [5.41, 5.74) is 8.58. The van der Waals surface area contributed by atoms with Gasteiger partial charge in [-0.1, -0.05) is 12.1 Å². The summed E-state index contributed by atoms with van der Waals surface area (Å²) in [6.07, 6.45) is 3.45. The highest BCUT2D eigenvalue weighted by atomic mass is 16.5. The zero-order chi connectivity index (χ0) is 11.4. The summed E-state index contributed by atoms with van der Waals surface area (Å²) in [5.74, 6) is 0.850. The molecule has 82 valence electrons. The van der Waals surface area contributed by atoms with Crippen molar-refractivity contribution in [3.8, 4) is 16.9 Å². The molecular weight excluding hydrogens is 200 g/mol. The van der Waals surface area contributed by atoms with Crippen molar-refractivity contribution in [3.05, 3.63) is 42.7 Å². The number of aromatic nitrogens is 1. The molecule has 0 atom stereocenters. The molecule has 2 N–H and O–H groups in total. The maximum Gasteiger partial charge on any atom is 0.119 e. The molecular formula is C13H14N2O. The van der Waals surface area contributed by atoms with Crippen molar-refractivity contribution in [2.24, 2.45) is 0 Å². The van der Waals surface area contributed by atoms with Gasteiger partial charge in [0.05, 0.1) is 6.61 Å². The van der Waals surface area contributed by atoms with Crippen LogP contribution in [0.15, 0.2) is 42.7 Å². The second-order valence-electron chi connectivity index (χ2n) is 3.42. The SMILES string of the molecule is CCOc1cccc(-c2cnccc2N)c1. The van der Waals surface area contributed by atoms with E-state index in [0.717, 1.165) is 22.6 Å².